The maximum Gasteiger partial charge on any atom is 0.0793 e. The predicted molar refractivity (Wildman–Crippen MR) is 56.4 cm³/mol. The lowest BCUT2D eigenvalue weighted by Gasteiger charge is -2.19. The van der Waals surface area contributed by atoms with Crippen molar-refractivity contribution in [1.82, 2.24) is 0 Å². The standard InChI is InChI=1S/C12H16O/c1-3-5-10-7-8-11(6-4-2)12(13)9-10/h3-4,7-8,12-13H,1-2,5-6,9H2. The van der Waals surface area contributed by atoms with E-state index in [1.165, 1.54) is 5.57 Å². The summed E-state index contributed by atoms with van der Waals surface area (Å²) in [5, 5.41) is 9.71. The van der Waals surface area contributed by atoms with Crippen LogP contribution in [0.1, 0.15) is 19.3 Å². The first-order chi connectivity index (χ1) is 6.27. The van der Waals surface area contributed by atoms with Crippen molar-refractivity contribution in [1.29, 1.82) is 0 Å². The first kappa shape index (κ1) is 10.0. The van der Waals surface area contributed by atoms with Crippen LogP contribution in [0.15, 0.2) is 48.6 Å². The SMILES string of the molecule is C=CCC1=CC=C(CC=C)C(O)C1. The molecule has 0 aliphatic heterocycles. The molecule has 1 atom stereocenters. The van der Waals surface area contributed by atoms with E-state index in [9.17, 15) is 5.11 Å². The molecule has 0 radical (unpaired) electrons. The van der Waals surface area contributed by atoms with Gasteiger partial charge in [0, 0.05) is 0 Å². The summed E-state index contributed by atoms with van der Waals surface area (Å²) < 4.78 is 0. The zero-order chi connectivity index (χ0) is 9.68. The highest BCUT2D eigenvalue weighted by atomic mass is 16.3. The fourth-order valence-corrected chi connectivity index (χ4v) is 1.49. The van der Waals surface area contributed by atoms with Gasteiger partial charge in [0.25, 0.3) is 0 Å². The Kier molecular flexibility index (Phi) is 3.71. The van der Waals surface area contributed by atoms with Gasteiger partial charge in [0.05, 0.1) is 6.10 Å². The van der Waals surface area contributed by atoms with Crippen LogP contribution >= 0.6 is 0 Å². The maximum absolute atomic E-state index is 9.71. The van der Waals surface area contributed by atoms with Crippen LogP contribution in [0.25, 0.3) is 0 Å². The third kappa shape index (κ3) is 2.71. The van der Waals surface area contributed by atoms with Crippen molar-refractivity contribution in [3.05, 3.63) is 48.6 Å². The molecule has 0 spiro atoms. The third-order valence-electron chi connectivity index (χ3n) is 2.20. The van der Waals surface area contributed by atoms with Crippen LogP contribution in [-0.2, 0) is 0 Å². The van der Waals surface area contributed by atoms with Gasteiger partial charge in [-0.3, -0.25) is 0 Å². The first-order valence-electron chi connectivity index (χ1n) is 4.56. The Morgan fingerprint density at radius 1 is 1.31 bits per heavy atom. The van der Waals surface area contributed by atoms with Gasteiger partial charge >= 0.3 is 0 Å². The van der Waals surface area contributed by atoms with Gasteiger partial charge in [0.1, 0.15) is 0 Å². The molecule has 0 amide bonds. The molecular weight excluding hydrogens is 160 g/mol. The summed E-state index contributed by atoms with van der Waals surface area (Å²) >= 11 is 0. The third-order valence-corrected chi connectivity index (χ3v) is 2.20. The highest BCUT2D eigenvalue weighted by Crippen LogP contribution is 2.23. The molecule has 70 valence electrons. The van der Waals surface area contributed by atoms with Crippen molar-refractivity contribution in [2.45, 2.75) is 25.4 Å². The fourth-order valence-electron chi connectivity index (χ4n) is 1.49. The number of hydrogen-bond acceptors (Lipinski definition) is 1. The molecule has 0 fully saturated rings. The van der Waals surface area contributed by atoms with Gasteiger partial charge in [-0.05, 0) is 24.8 Å². The topological polar surface area (TPSA) is 20.2 Å². The van der Waals surface area contributed by atoms with E-state index < -0.39 is 0 Å². The highest BCUT2D eigenvalue weighted by molar-refractivity contribution is 5.29. The van der Waals surface area contributed by atoms with Crippen LogP contribution in [0, 0.1) is 0 Å². The molecule has 1 unspecified atom stereocenters. The Hall–Kier alpha value is -1.08. The molecule has 1 aliphatic carbocycles. The summed E-state index contributed by atoms with van der Waals surface area (Å²) in [7, 11) is 0. The summed E-state index contributed by atoms with van der Waals surface area (Å²) in [6.45, 7) is 7.33. The maximum atomic E-state index is 9.71. The number of aliphatic hydroxyl groups is 1. The lowest BCUT2D eigenvalue weighted by Crippen LogP contribution is -2.13. The second-order valence-electron chi connectivity index (χ2n) is 3.27. The van der Waals surface area contributed by atoms with Crippen LogP contribution in [0.2, 0.25) is 0 Å². The minimum atomic E-state index is -0.321. The first-order valence-corrected chi connectivity index (χ1v) is 4.56. The Morgan fingerprint density at radius 3 is 2.54 bits per heavy atom. The molecule has 1 aliphatic rings. The molecule has 0 bridgehead atoms. The average Bonchev–Trinajstić information content (AvgIpc) is 2.10. The van der Waals surface area contributed by atoms with Gasteiger partial charge < -0.3 is 5.11 Å². The smallest absolute Gasteiger partial charge is 0.0793 e. The average molecular weight is 176 g/mol. The molecule has 0 aromatic heterocycles. The Balaban J connectivity index is 2.67. The van der Waals surface area contributed by atoms with E-state index in [4.69, 9.17) is 0 Å². The quantitative estimate of drug-likeness (QED) is 0.653. The lowest BCUT2D eigenvalue weighted by atomic mass is 9.92. The number of hydrogen-bond donors (Lipinski definition) is 1. The molecule has 1 heteroatoms. The molecular formula is C12H16O. The van der Waals surface area contributed by atoms with E-state index in [2.05, 4.69) is 19.2 Å². The van der Waals surface area contributed by atoms with E-state index in [-0.39, 0.29) is 6.10 Å². The zero-order valence-corrected chi connectivity index (χ0v) is 7.87. The molecule has 1 N–H and O–H groups in total. The van der Waals surface area contributed by atoms with Crippen LogP contribution in [0.3, 0.4) is 0 Å². The second-order valence-corrected chi connectivity index (χ2v) is 3.27. The molecule has 0 heterocycles. The minimum absolute atomic E-state index is 0.321. The lowest BCUT2D eigenvalue weighted by molar-refractivity contribution is 0.206. The molecule has 0 aromatic rings. The van der Waals surface area contributed by atoms with E-state index >= 15 is 0 Å². The summed E-state index contributed by atoms with van der Waals surface area (Å²) in [5.41, 5.74) is 2.30. The zero-order valence-electron chi connectivity index (χ0n) is 7.87. The van der Waals surface area contributed by atoms with Crippen molar-refractivity contribution < 1.29 is 5.11 Å². The highest BCUT2D eigenvalue weighted by Gasteiger charge is 2.14. The monoisotopic (exact) mass is 176 g/mol. The van der Waals surface area contributed by atoms with Gasteiger partial charge in [-0.15, -0.1) is 13.2 Å². The largest absolute Gasteiger partial charge is 0.388 e. The minimum Gasteiger partial charge on any atom is -0.388 e. The van der Waals surface area contributed by atoms with Crippen molar-refractivity contribution >= 4 is 0 Å². The summed E-state index contributed by atoms with van der Waals surface area (Å²) in [5.74, 6) is 0. The Morgan fingerprint density at radius 2 is 2.00 bits per heavy atom. The van der Waals surface area contributed by atoms with Crippen molar-refractivity contribution in [3.63, 3.8) is 0 Å². The van der Waals surface area contributed by atoms with E-state index in [0.29, 0.717) is 0 Å². The summed E-state index contributed by atoms with van der Waals surface area (Å²) in [6, 6.07) is 0. The van der Waals surface area contributed by atoms with Crippen LogP contribution in [-0.4, -0.2) is 11.2 Å². The molecule has 0 saturated heterocycles. The van der Waals surface area contributed by atoms with Crippen LogP contribution in [0.5, 0.6) is 0 Å². The van der Waals surface area contributed by atoms with E-state index in [1.807, 2.05) is 18.2 Å². The molecule has 0 saturated carbocycles. The number of rotatable bonds is 4. The predicted octanol–water partition coefficient (Wildman–Crippen LogP) is 2.76. The van der Waals surface area contributed by atoms with Gasteiger partial charge in [0.2, 0.25) is 0 Å². The fraction of sp³-hybridized carbons (Fsp3) is 0.333. The summed E-state index contributed by atoms with van der Waals surface area (Å²) in [4.78, 5) is 0. The normalized spacial score (nSPS) is 21.8. The summed E-state index contributed by atoms with van der Waals surface area (Å²) in [6.07, 6.45) is 9.83. The Labute approximate surface area is 79.8 Å². The van der Waals surface area contributed by atoms with Crippen molar-refractivity contribution in [2.24, 2.45) is 0 Å². The molecule has 1 rings (SSSR count). The van der Waals surface area contributed by atoms with Crippen LogP contribution in [0.4, 0.5) is 0 Å². The molecule has 0 aromatic carbocycles. The number of aliphatic hydroxyl groups excluding tert-OH is 1. The van der Waals surface area contributed by atoms with Crippen molar-refractivity contribution in [2.75, 3.05) is 0 Å². The molecule has 1 nitrogen and oxygen atoms in total. The van der Waals surface area contributed by atoms with Gasteiger partial charge in [-0.1, -0.05) is 29.9 Å². The van der Waals surface area contributed by atoms with Gasteiger partial charge in [-0.25, -0.2) is 0 Å². The van der Waals surface area contributed by atoms with Gasteiger partial charge in [0.15, 0.2) is 0 Å². The van der Waals surface area contributed by atoms with E-state index in [1.54, 1.807) is 0 Å². The van der Waals surface area contributed by atoms with Crippen molar-refractivity contribution in [3.8, 4) is 0 Å². The number of allylic oxidation sites excluding steroid dienone is 4. The second kappa shape index (κ2) is 4.83. The van der Waals surface area contributed by atoms with Crippen LogP contribution < -0.4 is 0 Å². The molecule has 13 heavy (non-hydrogen) atoms. The van der Waals surface area contributed by atoms with E-state index in [0.717, 1.165) is 24.8 Å². The Bertz CT molecular complexity index is 258. The van der Waals surface area contributed by atoms with Gasteiger partial charge in [-0.2, -0.15) is 0 Å².